The number of oxazole rings is 1. The number of carbonyl (C=O) groups excluding carboxylic acids is 3. The molecule has 2 unspecified atom stereocenters. The Hall–Kier alpha value is -5.77. The highest BCUT2D eigenvalue weighted by atomic mass is 35.5. The Kier molecular flexibility index (Phi) is 10.9. The molecule has 3 aliphatic rings. The standard InChI is InChI=1S/C41H41ClN8O5/c1-24(52)46-32-21-50(22-32)20-25-12-28(16-43)38-34(13-25)48-40(55-38)27-7-4-6-26(14-27)33-8-5-9-37(41(33,2)42)49-39(53)35-15-36(54-3)29(18-45-35)17-44-19-30-10-11-31(23-51)47-30/h4-9,12-15,18,30,32,37,44,47H,10-11,17,19-22H2,1-3H3,(H,46,52)(H,49,53)/t30-,37?,41?/m1/s1. The van der Waals surface area contributed by atoms with Crippen LogP contribution in [-0.4, -0.2) is 82.4 Å². The van der Waals surface area contributed by atoms with Gasteiger partial charge in [0.1, 0.15) is 29.0 Å². The third-order valence-electron chi connectivity index (χ3n) is 10.2. The van der Waals surface area contributed by atoms with Crippen molar-refractivity contribution in [2.45, 2.75) is 62.8 Å². The van der Waals surface area contributed by atoms with Crippen molar-refractivity contribution in [1.82, 2.24) is 36.1 Å². The van der Waals surface area contributed by atoms with Gasteiger partial charge in [0.05, 0.1) is 35.3 Å². The number of hydrogen-bond acceptors (Lipinski definition) is 11. The molecule has 2 aromatic heterocycles. The van der Waals surface area contributed by atoms with Crippen molar-refractivity contribution in [1.29, 1.82) is 5.26 Å². The van der Waals surface area contributed by atoms with Crippen LogP contribution in [0.5, 0.6) is 5.75 Å². The number of alkyl halides is 1. The van der Waals surface area contributed by atoms with Crippen LogP contribution in [0.2, 0.25) is 0 Å². The number of ether oxygens (including phenoxy) is 1. The normalized spacial score (nSPS) is 20.9. The van der Waals surface area contributed by atoms with Gasteiger partial charge in [-0.3, -0.25) is 19.5 Å². The number of aromatic nitrogens is 2. The van der Waals surface area contributed by atoms with Gasteiger partial charge in [0.15, 0.2) is 5.58 Å². The summed E-state index contributed by atoms with van der Waals surface area (Å²) in [4.78, 5) is 46.2. The van der Waals surface area contributed by atoms with Crippen LogP contribution in [0, 0.1) is 11.3 Å². The lowest BCUT2D eigenvalue weighted by molar-refractivity contribution is -0.120. The van der Waals surface area contributed by atoms with Crippen LogP contribution < -0.4 is 26.0 Å². The monoisotopic (exact) mass is 760 g/mol. The smallest absolute Gasteiger partial charge is 0.270 e. The highest BCUT2D eigenvalue weighted by Crippen LogP contribution is 2.40. The molecule has 7 rings (SSSR count). The predicted molar refractivity (Wildman–Crippen MR) is 208 cm³/mol. The van der Waals surface area contributed by atoms with E-state index in [0.717, 1.165) is 41.8 Å². The largest absolute Gasteiger partial charge is 0.496 e. The summed E-state index contributed by atoms with van der Waals surface area (Å²) < 4.78 is 11.8. The molecule has 14 heteroatoms. The summed E-state index contributed by atoms with van der Waals surface area (Å²) in [5.74, 6) is 2.38. The van der Waals surface area contributed by atoms with Crippen LogP contribution >= 0.6 is 11.6 Å². The number of pyridine rings is 1. The first-order chi connectivity index (χ1) is 26.5. The second-order valence-corrected chi connectivity index (χ2v) is 15.0. The van der Waals surface area contributed by atoms with Crippen LogP contribution in [0.3, 0.4) is 0 Å². The van der Waals surface area contributed by atoms with E-state index in [1.54, 1.807) is 19.4 Å². The molecular formula is C41H41ClN8O5. The van der Waals surface area contributed by atoms with E-state index in [-0.39, 0.29) is 23.7 Å². The molecule has 4 heterocycles. The van der Waals surface area contributed by atoms with Crippen molar-refractivity contribution >= 4 is 46.0 Å². The molecule has 0 saturated carbocycles. The van der Waals surface area contributed by atoms with E-state index >= 15 is 0 Å². The van der Waals surface area contributed by atoms with Crippen LogP contribution in [0.4, 0.5) is 0 Å². The van der Waals surface area contributed by atoms with Crippen molar-refractivity contribution in [3.63, 3.8) is 0 Å². The molecule has 2 saturated heterocycles. The van der Waals surface area contributed by atoms with Gasteiger partial charge in [-0.25, -0.2) is 9.78 Å². The number of nitrogens with one attached hydrogen (secondary N) is 4. The molecule has 0 radical (unpaired) electrons. The molecule has 13 nitrogen and oxygen atoms in total. The Morgan fingerprint density at radius 2 is 2.00 bits per heavy atom. The summed E-state index contributed by atoms with van der Waals surface area (Å²) >= 11 is 7.28. The quantitative estimate of drug-likeness (QED) is 0.119. The van der Waals surface area contributed by atoms with E-state index in [1.807, 2.05) is 67.5 Å². The number of likely N-dealkylation sites (tertiary alicyclic amines) is 1. The molecule has 2 fully saturated rings. The molecular weight excluding hydrogens is 720 g/mol. The number of hydrogen-bond donors (Lipinski definition) is 4. The van der Waals surface area contributed by atoms with Crippen molar-refractivity contribution in [3.05, 3.63) is 101 Å². The fourth-order valence-electron chi connectivity index (χ4n) is 7.33. The predicted octanol–water partition coefficient (Wildman–Crippen LogP) is 4.40. The zero-order valence-electron chi connectivity index (χ0n) is 30.7. The molecule has 3 atom stereocenters. The van der Waals surface area contributed by atoms with E-state index in [9.17, 15) is 19.6 Å². The third kappa shape index (κ3) is 8.18. The fraction of sp³-hybridized carbons (Fsp3) is 0.341. The van der Waals surface area contributed by atoms with Crippen molar-refractivity contribution in [2.24, 2.45) is 0 Å². The Morgan fingerprint density at radius 1 is 1.18 bits per heavy atom. The molecule has 0 spiro atoms. The molecule has 2 aromatic carbocycles. The second-order valence-electron chi connectivity index (χ2n) is 14.3. The lowest BCUT2D eigenvalue weighted by Gasteiger charge is -2.39. The molecule has 2 aliphatic heterocycles. The summed E-state index contributed by atoms with van der Waals surface area (Å²) in [6, 6.07) is 15.0. The van der Waals surface area contributed by atoms with Gasteiger partial charge < -0.3 is 30.4 Å². The van der Waals surface area contributed by atoms with Gasteiger partial charge in [0.25, 0.3) is 5.91 Å². The molecule has 2 amide bonds. The lowest BCUT2D eigenvalue weighted by atomic mass is 9.83. The third-order valence-corrected chi connectivity index (χ3v) is 10.6. The number of benzene rings is 2. The minimum atomic E-state index is -1.04. The van der Waals surface area contributed by atoms with Crippen LogP contribution in [-0.2, 0) is 22.7 Å². The number of nitriles is 1. The van der Waals surface area contributed by atoms with E-state index < -0.39 is 16.8 Å². The van der Waals surface area contributed by atoms with Gasteiger partial charge >= 0.3 is 0 Å². The van der Waals surface area contributed by atoms with Gasteiger partial charge in [-0.2, -0.15) is 5.26 Å². The first-order valence-corrected chi connectivity index (χ1v) is 18.5. The van der Waals surface area contributed by atoms with Gasteiger partial charge in [-0.05, 0) is 54.3 Å². The molecule has 4 aromatic rings. The Balaban J connectivity index is 1.03. The number of methoxy groups -OCH3 is 1. The first-order valence-electron chi connectivity index (χ1n) is 18.1. The van der Waals surface area contributed by atoms with E-state index in [0.29, 0.717) is 65.6 Å². The van der Waals surface area contributed by atoms with Gasteiger partial charge in [0, 0.05) is 75.5 Å². The summed E-state index contributed by atoms with van der Waals surface area (Å²) in [5.41, 5.74) is 6.22. The van der Waals surface area contributed by atoms with Gasteiger partial charge in [-0.1, -0.05) is 30.4 Å². The van der Waals surface area contributed by atoms with E-state index in [2.05, 4.69) is 37.2 Å². The fourth-order valence-corrected chi connectivity index (χ4v) is 7.63. The van der Waals surface area contributed by atoms with E-state index in [1.165, 1.54) is 6.92 Å². The average molecular weight is 761 g/mol. The topological polar surface area (TPSA) is 175 Å². The van der Waals surface area contributed by atoms with Crippen LogP contribution in [0.1, 0.15) is 59.4 Å². The first kappa shape index (κ1) is 37.5. The molecule has 282 valence electrons. The highest BCUT2D eigenvalue weighted by Gasteiger charge is 2.38. The Bertz CT molecular complexity index is 2300. The zero-order valence-corrected chi connectivity index (χ0v) is 31.5. The molecule has 1 aliphatic carbocycles. The van der Waals surface area contributed by atoms with Gasteiger partial charge in [0.2, 0.25) is 11.8 Å². The second kappa shape index (κ2) is 15.9. The Morgan fingerprint density at radius 3 is 2.75 bits per heavy atom. The SMILES string of the molecule is COc1cc(C(=O)NC2C=CC=C(c3cccc(-c4nc5cc(CN6CC(NC(C)=O)C6)cc(C#N)c5o4)c3)C2(C)Cl)ncc1CNC[C@H]1CCC(=C=O)N1. The maximum atomic E-state index is 13.5. The number of amides is 2. The summed E-state index contributed by atoms with van der Waals surface area (Å²) in [6.07, 6.45) is 8.81. The maximum absolute atomic E-state index is 13.5. The van der Waals surface area contributed by atoms with Gasteiger partial charge in [-0.15, -0.1) is 11.6 Å². The molecule has 55 heavy (non-hydrogen) atoms. The summed E-state index contributed by atoms with van der Waals surface area (Å²) in [7, 11) is 1.55. The molecule has 0 bridgehead atoms. The Labute approximate surface area is 323 Å². The van der Waals surface area contributed by atoms with E-state index in [4.69, 9.17) is 25.7 Å². The van der Waals surface area contributed by atoms with Crippen molar-refractivity contribution in [2.75, 3.05) is 26.7 Å². The minimum absolute atomic E-state index is 0.0415. The maximum Gasteiger partial charge on any atom is 0.270 e. The lowest BCUT2D eigenvalue weighted by Crippen LogP contribution is -2.58. The number of nitrogens with zero attached hydrogens (tertiary/aromatic N) is 4. The van der Waals surface area contributed by atoms with Crippen molar-refractivity contribution < 1.29 is 23.5 Å². The highest BCUT2D eigenvalue weighted by molar-refractivity contribution is 6.31. The number of allylic oxidation sites excluding steroid dienone is 3. The number of carbonyl (C=O) groups is 2. The summed E-state index contributed by atoms with van der Waals surface area (Å²) in [5, 5.41) is 22.4. The molecule has 4 N–H and O–H groups in total. The number of rotatable bonds is 12. The van der Waals surface area contributed by atoms with Crippen LogP contribution in [0.15, 0.2) is 77.0 Å². The zero-order chi connectivity index (χ0) is 38.7. The number of fused-ring (bicyclic) bond motifs is 1. The minimum Gasteiger partial charge on any atom is -0.496 e. The summed E-state index contributed by atoms with van der Waals surface area (Å²) in [6.45, 7) is 6.60. The van der Waals surface area contributed by atoms with Crippen molar-refractivity contribution in [3.8, 4) is 23.3 Å². The van der Waals surface area contributed by atoms with Crippen LogP contribution in [0.25, 0.3) is 28.1 Å². The number of halogens is 1. The average Bonchev–Trinajstić information content (AvgIpc) is 3.81.